The molecule has 4 rings (SSSR count). The predicted molar refractivity (Wildman–Crippen MR) is 148 cm³/mol. The van der Waals surface area contributed by atoms with E-state index in [1.807, 2.05) is 37.3 Å². The van der Waals surface area contributed by atoms with Gasteiger partial charge in [0.05, 0.1) is 17.8 Å². The van der Waals surface area contributed by atoms with E-state index >= 15 is 0 Å². The summed E-state index contributed by atoms with van der Waals surface area (Å²) in [6.45, 7) is 6.67. The molecule has 6 nitrogen and oxygen atoms in total. The highest BCUT2D eigenvalue weighted by Crippen LogP contribution is 2.29. The maximum absolute atomic E-state index is 12.6. The van der Waals surface area contributed by atoms with Crippen molar-refractivity contribution in [3.8, 4) is 17.2 Å². The Bertz CT molecular complexity index is 1430. The second-order valence-electron chi connectivity index (χ2n) is 8.01. The van der Waals surface area contributed by atoms with Gasteiger partial charge in [-0.25, -0.2) is 5.43 Å². The Balaban J connectivity index is 1.37. The molecule has 0 unspecified atom stereocenters. The fraction of sp³-hybridized carbons (Fsp3) is 0.133. The maximum atomic E-state index is 12.6. The quantitative estimate of drug-likeness (QED) is 0.136. The first-order valence-corrected chi connectivity index (χ1v) is 12.2. The Morgan fingerprint density at radius 2 is 1.76 bits per heavy atom. The van der Waals surface area contributed by atoms with Gasteiger partial charge in [-0.2, -0.15) is 5.10 Å². The molecule has 0 saturated carbocycles. The molecule has 0 aliphatic carbocycles. The van der Waals surface area contributed by atoms with Crippen molar-refractivity contribution in [3.05, 3.63) is 113 Å². The normalized spacial score (nSPS) is 10.9. The molecule has 1 N–H and O–H groups in total. The molecule has 0 fully saturated rings. The van der Waals surface area contributed by atoms with Crippen molar-refractivity contribution < 1.29 is 19.0 Å². The summed E-state index contributed by atoms with van der Waals surface area (Å²) in [7, 11) is 0. The molecule has 0 spiro atoms. The number of hydrazone groups is 1. The van der Waals surface area contributed by atoms with Gasteiger partial charge in [-0.1, -0.05) is 66.7 Å². The fourth-order valence-electron chi connectivity index (χ4n) is 3.70. The number of benzene rings is 4. The largest absolute Gasteiger partial charge is 0.490 e. The zero-order valence-corrected chi connectivity index (χ0v) is 21.2. The minimum atomic E-state index is -0.381. The number of nitrogens with one attached hydrogen (secondary N) is 1. The molecular formula is C30H27ClN2O4. The second-order valence-corrected chi connectivity index (χ2v) is 8.42. The van der Waals surface area contributed by atoms with E-state index in [4.69, 9.17) is 25.8 Å². The standard InChI is InChI=1S/C30H27ClN2O4/c1-3-16-36-28-15-13-23(18-29(28)35-4-2)30(34)33-32-19-21-12-14-27(26(31)17-21)37-20-24-10-7-9-22-8-5-6-11-25(22)24/h3,5-15,17-19H,1,4,16,20H2,2H3,(H,33,34)/b32-19+. The third kappa shape index (κ3) is 6.68. The van der Waals surface area contributed by atoms with Crippen LogP contribution in [0.4, 0.5) is 0 Å². The van der Waals surface area contributed by atoms with Gasteiger partial charge in [0, 0.05) is 5.56 Å². The van der Waals surface area contributed by atoms with Crippen LogP contribution < -0.4 is 19.6 Å². The van der Waals surface area contributed by atoms with Gasteiger partial charge >= 0.3 is 0 Å². The molecule has 1 amide bonds. The Hall–Kier alpha value is -4.29. The lowest BCUT2D eigenvalue weighted by atomic mass is 10.1. The van der Waals surface area contributed by atoms with Crippen molar-refractivity contribution in [2.45, 2.75) is 13.5 Å². The van der Waals surface area contributed by atoms with Crippen molar-refractivity contribution in [2.75, 3.05) is 13.2 Å². The molecular weight excluding hydrogens is 488 g/mol. The van der Waals surface area contributed by atoms with Crippen LogP contribution in [0.1, 0.15) is 28.4 Å². The Morgan fingerprint density at radius 3 is 2.57 bits per heavy atom. The van der Waals surface area contributed by atoms with Crippen LogP contribution in [0, 0.1) is 0 Å². The summed E-state index contributed by atoms with van der Waals surface area (Å²) >= 11 is 6.44. The molecule has 188 valence electrons. The van der Waals surface area contributed by atoms with Crippen LogP contribution in [-0.4, -0.2) is 25.3 Å². The lowest BCUT2D eigenvalue weighted by Crippen LogP contribution is -2.17. The highest BCUT2D eigenvalue weighted by molar-refractivity contribution is 6.32. The van der Waals surface area contributed by atoms with Crippen molar-refractivity contribution in [1.29, 1.82) is 0 Å². The Morgan fingerprint density at radius 1 is 0.946 bits per heavy atom. The molecule has 4 aromatic carbocycles. The van der Waals surface area contributed by atoms with Crippen LogP contribution in [0.2, 0.25) is 5.02 Å². The van der Waals surface area contributed by atoms with Crippen LogP contribution in [-0.2, 0) is 6.61 Å². The number of nitrogens with zero attached hydrogens (tertiary/aromatic N) is 1. The summed E-state index contributed by atoms with van der Waals surface area (Å²) in [5, 5.41) is 6.81. The summed E-state index contributed by atoms with van der Waals surface area (Å²) in [5.74, 6) is 1.21. The van der Waals surface area contributed by atoms with Gasteiger partial charge in [-0.15, -0.1) is 0 Å². The lowest BCUT2D eigenvalue weighted by Gasteiger charge is -2.12. The van der Waals surface area contributed by atoms with Crippen molar-refractivity contribution in [2.24, 2.45) is 5.10 Å². The zero-order chi connectivity index (χ0) is 26.0. The monoisotopic (exact) mass is 514 g/mol. The highest BCUT2D eigenvalue weighted by atomic mass is 35.5. The van der Waals surface area contributed by atoms with E-state index in [0.29, 0.717) is 53.2 Å². The summed E-state index contributed by atoms with van der Waals surface area (Å²) in [6.07, 6.45) is 3.16. The molecule has 0 bridgehead atoms. The number of ether oxygens (including phenoxy) is 3. The van der Waals surface area contributed by atoms with Gasteiger partial charge in [0.25, 0.3) is 5.91 Å². The number of carbonyl (C=O) groups is 1. The van der Waals surface area contributed by atoms with E-state index in [2.05, 4.69) is 35.3 Å². The van der Waals surface area contributed by atoms with Crippen molar-refractivity contribution in [3.63, 3.8) is 0 Å². The summed E-state index contributed by atoms with van der Waals surface area (Å²) in [4.78, 5) is 12.6. The Kier molecular flexibility index (Phi) is 8.79. The smallest absolute Gasteiger partial charge is 0.271 e. The first-order valence-electron chi connectivity index (χ1n) is 11.8. The van der Waals surface area contributed by atoms with Gasteiger partial charge in [0.15, 0.2) is 11.5 Å². The zero-order valence-electron chi connectivity index (χ0n) is 20.4. The number of hydrogen-bond acceptors (Lipinski definition) is 5. The number of carbonyl (C=O) groups excluding carboxylic acids is 1. The van der Waals surface area contributed by atoms with Gasteiger partial charge < -0.3 is 14.2 Å². The molecule has 0 aliphatic rings. The average Bonchev–Trinajstić information content (AvgIpc) is 2.92. The maximum Gasteiger partial charge on any atom is 0.271 e. The summed E-state index contributed by atoms with van der Waals surface area (Å²) in [5.41, 5.74) is 4.70. The number of fused-ring (bicyclic) bond motifs is 1. The third-order valence-electron chi connectivity index (χ3n) is 5.46. The minimum Gasteiger partial charge on any atom is -0.490 e. The second kappa shape index (κ2) is 12.6. The van der Waals surface area contributed by atoms with E-state index in [1.54, 1.807) is 36.4 Å². The number of amides is 1. The highest BCUT2D eigenvalue weighted by Gasteiger charge is 2.11. The van der Waals surface area contributed by atoms with E-state index < -0.39 is 0 Å². The van der Waals surface area contributed by atoms with E-state index in [9.17, 15) is 4.79 Å². The summed E-state index contributed by atoms with van der Waals surface area (Å²) < 4.78 is 17.1. The molecule has 0 saturated heterocycles. The van der Waals surface area contributed by atoms with Gasteiger partial charge in [-0.05, 0) is 65.2 Å². The molecule has 0 aromatic heterocycles. The number of hydrogen-bond donors (Lipinski definition) is 1. The lowest BCUT2D eigenvalue weighted by molar-refractivity contribution is 0.0954. The van der Waals surface area contributed by atoms with Crippen molar-refractivity contribution in [1.82, 2.24) is 5.43 Å². The van der Waals surface area contributed by atoms with E-state index in [0.717, 1.165) is 16.3 Å². The third-order valence-corrected chi connectivity index (χ3v) is 5.76. The first-order chi connectivity index (χ1) is 18.1. The first kappa shape index (κ1) is 25.8. The van der Waals surface area contributed by atoms with Crippen LogP contribution in [0.25, 0.3) is 10.8 Å². The topological polar surface area (TPSA) is 69.2 Å². The SMILES string of the molecule is C=CCOc1ccc(C(=O)N/N=C/c2ccc(OCc3cccc4ccccc34)c(Cl)c2)cc1OCC. The molecule has 0 heterocycles. The van der Waals surface area contributed by atoms with Crippen molar-refractivity contribution >= 4 is 34.5 Å². The molecule has 0 radical (unpaired) electrons. The van der Waals surface area contributed by atoms with E-state index in [-0.39, 0.29) is 5.91 Å². The number of rotatable bonds is 11. The average molecular weight is 515 g/mol. The Labute approximate surface area is 221 Å². The minimum absolute atomic E-state index is 0.339. The predicted octanol–water partition coefficient (Wildman–Crippen LogP) is 6.80. The van der Waals surface area contributed by atoms with Crippen LogP contribution in [0.5, 0.6) is 17.2 Å². The fourth-order valence-corrected chi connectivity index (χ4v) is 3.95. The van der Waals surface area contributed by atoms with Gasteiger partial charge in [-0.3, -0.25) is 4.79 Å². The van der Waals surface area contributed by atoms with E-state index in [1.165, 1.54) is 6.21 Å². The van der Waals surface area contributed by atoms with Crippen LogP contribution in [0.15, 0.2) is 96.6 Å². The summed E-state index contributed by atoms with van der Waals surface area (Å²) in [6, 6.07) is 24.6. The molecule has 0 aliphatic heterocycles. The van der Waals surface area contributed by atoms with Crippen LogP contribution in [0.3, 0.4) is 0 Å². The molecule has 4 aromatic rings. The van der Waals surface area contributed by atoms with Gasteiger partial charge in [0.1, 0.15) is 19.0 Å². The molecule has 7 heteroatoms. The van der Waals surface area contributed by atoms with Crippen LogP contribution >= 0.6 is 11.6 Å². The van der Waals surface area contributed by atoms with Gasteiger partial charge in [0.2, 0.25) is 0 Å². The number of halogens is 1. The molecule has 37 heavy (non-hydrogen) atoms. The molecule has 0 atom stereocenters.